The minimum Gasteiger partial charge on any atom is -0.490 e. The SMILES string of the molecule is CCc1cccc(OCCOC(=O)CN2C(=O)NC3(CC(C)CC(C)(C)C3)C2=O)c1. The van der Waals surface area contributed by atoms with Crippen LogP contribution in [0.25, 0.3) is 0 Å². The topological polar surface area (TPSA) is 84.9 Å². The quantitative estimate of drug-likeness (QED) is 0.419. The number of hydrogen-bond donors (Lipinski definition) is 1. The molecule has 1 saturated carbocycles. The number of carbonyl (C=O) groups excluding carboxylic acids is 3. The summed E-state index contributed by atoms with van der Waals surface area (Å²) in [6.07, 6.45) is 3.08. The maximum absolute atomic E-state index is 13.0. The molecule has 1 spiro atoms. The Bertz CT molecular complexity index is 822. The summed E-state index contributed by atoms with van der Waals surface area (Å²) in [6.45, 7) is 8.24. The molecule has 3 amide bonds. The van der Waals surface area contributed by atoms with E-state index in [1.165, 1.54) is 0 Å². The van der Waals surface area contributed by atoms with Crippen LogP contribution < -0.4 is 10.1 Å². The van der Waals surface area contributed by atoms with Gasteiger partial charge >= 0.3 is 12.0 Å². The van der Waals surface area contributed by atoms with Crippen molar-refractivity contribution in [3.63, 3.8) is 0 Å². The van der Waals surface area contributed by atoms with Crippen LogP contribution in [0.2, 0.25) is 0 Å². The van der Waals surface area contributed by atoms with Crippen LogP contribution in [0, 0.1) is 11.3 Å². The zero-order valence-electron chi connectivity index (χ0n) is 18.3. The number of imide groups is 1. The number of benzene rings is 1. The number of ether oxygens (including phenoxy) is 2. The monoisotopic (exact) mass is 416 g/mol. The number of amides is 3. The van der Waals surface area contributed by atoms with E-state index in [9.17, 15) is 14.4 Å². The van der Waals surface area contributed by atoms with Gasteiger partial charge in [0.2, 0.25) is 0 Å². The normalized spacial score (nSPS) is 25.3. The first-order valence-corrected chi connectivity index (χ1v) is 10.7. The van der Waals surface area contributed by atoms with Crippen LogP contribution in [0.1, 0.15) is 52.5 Å². The van der Waals surface area contributed by atoms with Crippen LogP contribution >= 0.6 is 0 Å². The second kappa shape index (κ2) is 8.66. The van der Waals surface area contributed by atoms with Crippen molar-refractivity contribution in [2.45, 2.75) is 58.9 Å². The molecule has 1 aliphatic heterocycles. The minimum atomic E-state index is -0.911. The molecule has 0 aromatic heterocycles. The fraction of sp³-hybridized carbons (Fsp3) is 0.609. The van der Waals surface area contributed by atoms with Crippen LogP contribution in [-0.4, -0.2) is 48.1 Å². The molecule has 3 rings (SSSR count). The molecule has 1 heterocycles. The molecule has 1 aromatic carbocycles. The van der Waals surface area contributed by atoms with Gasteiger partial charge in [0, 0.05) is 0 Å². The fourth-order valence-corrected chi connectivity index (χ4v) is 4.99. The number of rotatable bonds is 7. The number of nitrogens with zero attached hydrogens (tertiary/aromatic N) is 1. The van der Waals surface area contributed by atoms with Gasteiger partial charge in [-0.05, 0) is 54.7 Å². The maximum atomic E-state index is 13.0. The minimum absolute atomic E-state index is 0.0496. The second-order valence-corrected chi connectivity index (χ2v) is 9.33. The molecule has 7 nitrogen and oxygen atoms in total. The van der Waals surface area contributed by atoms with E-state index in [0.717, 1.165) is 29.1 Å². The Morgan fingerprint density at radius 1 is 1.23 bits per heavy atom. The van der Waals surface area contributed by atoms with E-state index < -0.39 is 17.5 Å². The first-order valence-electron chi connectivity index (χ1n) is 10.7. The van der Waals surface area contributed by atoms with Gasteiger partial charge in [-0.25, -0.2) is 4.79 Å². The lowest BCUT2D eigenvalue weighted by Gasteiger charge is -2.43. The predicted molar refractivity (Wildman–Crippen MR) is 112 cm³/mol. The molecule has 0 radical (unpaired) electrons. The van der Waals surface area contributed by atoms with E-state index in [4.69, 9.17) is 9.47 Å². The average molecular weight is 417 g/mol. The number of hydrogen-bond acceptors (Lipinski definition) is 5. The van der Waals surface area contributed by atoms with Crippen molar-refractivity contribution < 1.29 is 23.9 Å². The van der Waals surface area contributed by atoms with Crippen molar-refractivity contribution in [2.24, 2.45) is 11.3 Å². The standard InChI is InChI=1S/C23H32N2O5/c1-5-17-7-6-8-18(11-17)29-9-10-30-19(26)14-25-20(27)23(24-21(25)28)13-16(2)12-22(3,4)15-23/h6-8,11,16H,5,9-10,12-15H2,1-4H3,(H,24,28). The van der Waals surface area contributed by atoms with Gasteiger partial charge in [0.05, 0.1) is 0 Å². The first kappa shape index (κ1) is 22.1. The fourth-order valence-electron chi connectivity index (χ4n) is 4.99. The van der Waals surface area contributed by atoms with E-state index in [-0.39, 0.29) is 31.1 Å². The van der Waals surface area contributed by atoms with Crippen LogP contribution in [-0.2, 0) is 20.7 Å². The van der Waals surface area contributed by atoms with Crippen molar-refractivity contribution in [3.05, 3.63) is 29.8 Å². The van der Waals surface area contributed by atoms with Crippen LogP contribution in [0.3, 0.4) is 0 Å². The first-order chi connectivity index (χ1) is 14.1. The molecule has 0 bridgehead atoms. The van der Waals surface area contributed by atoms with E-state index >= 15 is 0 Å². The zero-order valence-corrected chi connectivity index (χ0v) is 18.3. The summed E-state index contributed by atoms with van der Waals surface area (Å²) in [4.78, 5) is 38.7. The molecule has 2 atom stereocenters. The number of nitrogens with one attached hydrogen (secondary N) is 1. The predicted octanol–water partition coefficient (Wildman–Crippen LogP) is 3.31. The largest absolute Gasteiger partial charge is 0.490 e. The molecular weight excluding hydrogens is 384 g/mol. The summed E-state index contributed by atoms with van der Waals surface area (Å²) in [5.74, 6) is 0.0880. The highest BCUT2D eigenvalue weighted by Gasteiger charge is 2.56. The third-order valence-corrected chi connectivity index (χ3v) is 5.83. The average Bonchev–Trinajstić information content (AvgIpc) is 2.87. The van der Waals surface area contributed by atoms with Gasteiger partial charge in [0.25, 0.3) is 5.91 Å². The molecule has 30 heavy (non-hydrogen) atoms. The molecule has 1 aliphatic carbocycles. The lowest BCUT2D eigenvalue weighted by molar-refractivity contribution is -0.149. The Morgan fingerprint density at radius 2 is 2.00 bits per heavy atom. The highest BCUT2D eigenvalue weighted by atomic mass is 16.6. The molecule has 7 heteroatoms. The Labute approximate surface area is 178 Å². The van der Waals surface area contributed by atoms with E-state index in [0.29, 0.717) is 18.8 Å². The highest BCUT2D eigenvalue weighted by molar-refractivity contribution is 6.08. The van der Waals surface area contributed by atoms with Crippen molar-refractivity contribution in [2.75, 3.05) is 19.8 Å². The smallest absolute Gasteiger partial charge is 0.326 e. The molecular formula is C23H32N2O5. The van der Waals surface area contributed by atoms with Gasteiger partial charge in [-0.3, -0.25) is 14.5 Å². The van der Waals surface area contributed by atoms with Crippen molar-refractivity contribution in [1.29, 1.82) is 0 Å². The van der Waals surface area contributed by atoms with Gasteiger partial charge in [-0.15, -0.1) is 0 Å². The summed E-state index contributed by atoms with van der Waals surface area (Å²) in [5.41, 5.74) is 0.201. The van der Waals surface area contributed by atoms with E-state index in [1.807, 2.05) is 24.3 Å². The number of carbonyl (C=O) groups is 3. The second-order valence-electron chi connectivity index (χ2n) is 9.33. The highest BCUT2D eigenvalue weighted by Crippen LogP contribution is 2.46. The van der Waals surface area contributed by atoms with Crippen LogP contribution in [0.15, 0.2) is 24.3 Å². The van der Waals surface area contributed by atoms with Crippen LogP contribution in [0.4, 0.5) is 4.79 Å². The zero-order chi connectivity index (χ0) is 21.9. The van der Waals surface area contributed by atoms with Crippen LogP contribution in [0.5, 0.6) is 5.75 Å². The van der Waals surface area contributed by atoms with Crippen molar-refractivity contribution >= 4 is 17.9 Å². The summed E-state index contributed by atoms with van der Waals surface area (Å²) in [5, 5.41) is 2.87. The summed E-state index contributed by atoms with van der Waals surface area (Å²) >= 11 is 0. The lowest BCUT2D eigenvalue weighted by Crippen LogP contribution is -2.54. The van der Waals surface area contributed by atoms with Gasteiger partial charge in [-0.1, -0.05) is 39.8 Å². The van der Waals surface area contributed by atoms with E-state index in [2.05, 4.69) is 33.0 Å². The van der Waals surface area contributed by atoms with Gasteiger partial charge < -0.3 is 14.8 Å². The van der Waals surface area contributed by atoms with Gasteiger partial charge in [-0.2, -0.15) is 0 Å². The van der Waals surface area contributed by atoms with E-state index in [1.54, 1.807) is 0 Å². The van der Waals surface area contributed by atoms with Crippen molar-refractivity contribution in [1.82, 2.24) is 10.2 Å². The van der Waals surface area contributed by atoms with Crippen molar-refractivity contribution in [3.8, 4) is 5.75 Å². The Balaban J connectivity index is 1.50. The number of esters is 1. The molecule has 2 aliphatic rings. The molecule has 1 aromatic rings. The Morgan fingerprint density at radius 3 is 2.70 bits per heavy atom. The van der Waals surface area contributed by atoms with Gasteiger partial charge in [0.1, 0.15) is 31.0 Å². The summed E-state index contributed by atoms with van der Waals surface area (Å²) in [6, 6.07) is 7.21. The Hall–Kier alpha value is -2.57. The summed E-state index contributed by atoms with van der Waals surface area (Å²) in [7, 11) is 0. The lowest BCUT2D eigenvalue weighted by atomic mass is 9.64. The number of aryl methyl sites for hydroxylation is 1. The molecule has 164 valence electrons. The third kappa shape index (κ3) is 4.94. The molecule has 2 unspecified atom stereocenters. The third-order valence-electron chi connectivity index (χ3n) is 5.83. The number of urea groups is 1. The maximum Gasteiger partial charge on any atom is 0.326 e. The van der Waals surface area contributed by atoms with Gasteiger partial charge in [0.15, 0.2) is 0 Å². The molecule has 2 fully saturated rings. The molecule has 1 N–H and O–H groups in total. The summed E-state index contributed by atoms with van der Waals surface area (Å²) < 4.78 is 10.8. The molecule has 1 saturated heterocycles. The Kier molecular flexibility index (Phi) is 6.38.